The molecule has 2 fully saturated rings. The van der Waals surface area contributed by atoms with Crippen molar-refractivity contribution < 1.29 is 22.7 Å². The molecule has 6 nitrogen and oxygen atoms in total. The first-order valence-electron chi connectivity index (χ1n) is 6.47. The molecule has 7 heteroatoms. The largest absolute Gasteiger partial charge is 0.469 e. The maximum atomic E-state index is 12.0. The molecule has 2 atom stereocenters. The van der Waals surface area contributed by atoms with Crippen molar-refractivity contribution in [1.29, 1.82) is 0 Å². The summed E-state index contributed by atoms with van der Waals surface area (Å²) in [6, 6.07) is 0. The van der Waals surface area contributed by atoms with E-state index in [1.165, 1.54) is 7.11 Å². The van der Waals surface area contributed by atoms with Gasteiger partial charge in [0.2, 0.25) is 5.91 Å². The molecule has 2 saturated heterocycles. The lowest BCUT2D eigenvalue weighted by Crippen LogP contribution is -2.31. The lowest BCUT2D eigenvalue weighted by molar-refractivity contribution is -0.145. The highest BCUT2D eigenvalue weighted by Gasteiger charge is 2.35. The predicted molar refractivity (Wildman–Crippen MR) is 68.1 cm³/mol. The second kappa shape index (κ2) is 5.48. The monoisotopic (exact) mass is 289 g/mol. The number of carbonyl (C=O) groups excluding carboxylic acids is 2. The molecule has 2 aliphatic rings. The van der Waals surface area contributed by atoms with Gasteiger partial charge in [-0.3, -0.25) is 9.59 Å². The Labute approximate surface area is 113 Å². The van der Waals surface area contributed by atoms with E-state index in [-0.39, 0.29) is 41.6 Å². The van der Waals surface area contributed by atoms with Crippen molar-refractivity contribution in [2.75, 3.05) is 31.7 Å². The first-order valence-corrected chi connectivity index (χ1v) is 8.29. The van der Waals surface area contributed by atoms with Crippen LogP contribution in [0.25, 0.3) is 0 Å². The molecule has 2 unspecified atom stereocenters. The Morgan fingerprint density at radius 3 is 2.63 bits per heavy atom. The number of esters is 1. The van der Waals surface area contributed by atoms with E-state index in [0.29, 0.717) is 25.9 Å². The molecular weight excluding hydrogens is 270 g/mol. The molecule has 1 amide bonds. The lowest BCUT2D eigenvalue weighted by Gasteiger charge is -2.18. The van der Waals surface area contributed by atoms with Crippen LogP contribution in [0.4, 0.5) is 0 Å². The van der Waals surface area contributed by atoms with E-state index >= 15 is 0 Å². The number of carbonyl (C=O) groups is 2. The van der Waals surface area contributed by atoms with Crippen molar-refractivity contribution in [3.63, 3.8) is 0 Å². The minimum Gasteiger partial charge on any atom is -0.469 e. The van der Waals surface area contributed by atoms with Crippen LogP contribution in [-0.2, 0) is 24.2 Å². The molecule has 2 heterocycles. The molecule has 0 radical (unpaired) electrons. The van der Waals surface area contributed by atoms with Crippen LogP contribution in [0.5, 0.6) is 0 Å². The number of likely N-dealkylation sites (tertiary alicyclic amines) is 1. The second-order valence-electron chi connectivity index (χ2n) is 5.32. The van der Waals surface area contributed by atoms with Crippen LogP contribution in [-0.4, -0.2) is 56.9 Å². The van der Waals surface area contributed by atoms with E-state index in [2.05, 4.69) is 4.74 Å². The maximum absolute atomic E-state index is 12.0. The van der Waals surface area contributed by atoms with Crippen molar-refractivity contribution in [1.82, 2.24) is 4.90 Å². The van der Waals surface area contributed by atoms with Gasteiger partial charge in [0.25, 0.3) is 0 Å². The summed E-state index contributed by atoms with van der Waals surface area (Å²) in [6.45, 7) is 0.947. The smallest absolute Gasteiger partial charge is 0.310 e. The Bertz CT molecular complexity index is 473. The summed E-state index contributed by atoms with van der Waals surface area (Å²) in [7, 11) is -1.59. The van der Waals surface area contributed by atoms with E-state index in [1.807, 2.05) is 0 Å². The van der Waals surface area contributed by atoms with Crippen molar-refractivity contribution in [2.45, 2.75) is 19.3 Å². The van der Waals surface area contributed by atoms with Crippen LogP contribution in [0, 0.1) is 11.8 Å². The van der Waals surface area contributed by atoms with Crippen LogP contribution in [0.3, 0.4) is 0 Å². The van der Waals surface area contributed by atoms with Gasteiger partial charge in [-0.1, -0.05) is 0 Å². The van der Waals surface area contributed by atoms with Crippen LogP contribution in [0.1, 0.15) is 19.3 Å². The van der Waals surface area contributed by atoms with Crippen LogP contribution in [0.2, 0.25) is 0 Å². The van der Waals surface area contributed by atoms with Crippen LogP contribution >= 0.6 is 0 Å². The molecule has 2 aliphatic heterocycles. The lowest BCUT2D eigenvalue weighted by atomic mass is 10.0. The van der Waals surface area contributed by atoms with Crippen LogP contribution in [0.15, 0.2) is 0 Å². The minimum absolute atomic E-state index is 0.0477. The van der Waals surface area contributed by atoms with Gasteiger partial charge in [0.15, 0.2) is 9.84 Å². The first-order chi connectivity index (χ1) is 8.91. The third-order valence-corrected chi connectivity index (χ3v) is 5.70. The highest BCUT2D eigenvalue weighted by Crippen LogP contribution is 2.24. The van der Waals surface area contributed by atoms with Crippen molar-refractivity contribution in [3.05, 3.63) is 0 Å². The topological polar surface area (TPSA) is 80.8 Å². The standard InChI is InChI=1S/C12H19NO5S/c1-18-12(15)10-2-4-13(7-10)11(14)6-9-3-5-19(16,17)8-9/h9-10H,2-8H2,1H3. The fraction of sp³-hybridized carbons (Fsp3) is 0.833. The van der Waals surface area contributed by atoms with E-state index in [4.69, 9.17) is 0 Å². The Morgan fingerprint density at radius 2 is 2.05 bits per heavy atom. The summed E-state index contributed by atoms with van der Waals surface area (Å²) in [5.74, 6) is -0.314. The number of ether oxygens (including phenoxy) is 1. The molecule has 0 aromatic rings. The third kappa shape index (κ3) is 3.46. The Hall–Kier alpha value is -1.11. The molecule has 2 rings (SSSR count). The number of nitrogens with zero attached hydrogens (tertiary/aromatic N) is 1. The Morgan fingerprint density at radius 1 is 1.32 bits per heavy atom. The van der Waals surface area contributed by atoms with Crippen molar-refractivity contribution in [3.8, 4) is 0 Å². The van der Waals surface area contributed by atoms with Gasteiger partial charge in [0, 0.05) is 19.5 Å². The molecule has 108 valence electrons. The summed E-state index contributed by atoms with van der Waals surface area (Å²) in [5.41, 5.74) is 0. The van der Waals surface area contributed by atoms with Crippen LogP contribution < -0.4 is 0 Å². The van der Waals surface area contributed by atoms with Gasteiger partial charge in [0.05, 0.1) is 24.5 Å². The van der Waals surface area contributed by atoms with E-state index in [0.717, 1.165) is 0 Å². The average Bonchev–Trinajstić information content (AvgIpc) is 2.95. The zero-order valence-electron chi connectivity index (χ0n) is 11.0. The molecule has 0 N–H and O–H groups in total. The number of sulfone groups is 1. The van der Waals surface area contributed by atoms with E-state index in [1.54, 1.807) is 4.90 Å². The number of hydrogen-bond acceptors (Lipinski definition) is 5. The molecule has 0 saturated carbocycles. The van der Waals surface area contributed by atoms with Gasteiger partial charge in [0.1, 0.15) is 0 Å². The third-order valence-electron chi connectivity index (χ3n) is 3.87. The molecule has 0 aromatic carbocycles. The molecular formula is C12H19NO5S. The SMILES string of the molecule is COC(=O)C1CCN(C(=O)CC2CCS(=O)(=O)C2)C1. The maximum Gasteiger partial charge on any atom is 0.310 e. The van der Waals surface area contributed by atoms with Crippen molar-refractivity contribution >= 4 is 21.7 Å². The summed E-state index contributed by atoms with van der Waals surface area (Å²) in [4.78, 5) is 25.1. The highest BCUT2D eigenvalue weighted by molar-refractivity contribution is 7.91. The zero-order valence-corrected chi connectivity index (χ0v) is 11.8. The van der Waals surface area contributed by atoms with E-state index in [9.17, 15) is 18.0 Å². The Balaban J connectivity index is 1.84. The van der Waals surface area contributed by atoms with Gasteiger partial charge in [-0.05, 0) is 18.8 Å². The average molecular weight is 289 g/mol. The fourth-order valence-electron chi connectivity index (χ4n) is 2.75. The molecule has 0 aliphatic carbocycles. The molecule has 0 spiro atoms. The summed E-state index contributed by atoms with van der Waals surface area (Å²) < 4.78 is 27.3. The van der Waals surface area contributed by atoms with Gasteiger partial charge in [-0.25, -0.2) is 8.42 Å². The number of methoxy groups -OCH3 is 1. The number of rotatable bonds is 3. The van der Waals surface area contributed by atoms with Gasteiger partial charge in [-0.15, -0.1) is 0 Å². The van der Waals surface area contributed by atoms with Gasteiger partial charge >= 0.3 is 5.97 Å². The summed E-state index contributed by atoms with van der Waals surface area (Å²) in [6.07, 6.45) is 1.47. The fourth-order valence-corrected chi connectivity index (χ4v) is 4.62. The highest BCUT2D eigenvalue weighted by atomic mass is 32.2. The second-order valence-corrected chi connectivity index (χ2v) is 7.55. The van der Waals surface area contributed by atoms with E-state index < -0.39 is 9.84 Å². The van der Waals surface area contributed by atoms with Gasteiger partial charge in [-0.2, -0.15) is 0 Å². The first kappa shape index (κ1) is 14.3. The normalized spacial score (nSPS) is 29.4. The number of amides is 1. The predicted octanol–water partition coefficient (Wildman–Crippen LogP) is -0.167. The Kier molecular flexibility index (Phi) is 4.13. The molecule has 19 heavy (non-hydrogen) atoms. The molecule has 0 bridgehead atoms. The number of hydrogen-bond donors (Lipinski definition) is 0. The quantitative estimate of drug-likeness (QED) is 0.674. The summed E-state index contributed by atoms with van der Waals surface area (Å²) in [5, 5.41) is 0. The molecule has 0 aromatic heterocycles. The zero-order chi connectivity index (χ0) is 14.0. The van der Waals surface area contributed by atoms with Gasteiger partial charge < -0.3 is 9.64 Å². The summed E-state index contributed by atoms with van der Waals surface area (Å²) >= 11 is 0. The van der Waals surface area contributed by atoms with Crippen molar-refractivity contribution in [2.24, 2.45) is 11.8 Å². The minimum atomic E-state index is -2.94.